The highest BCUT2D eigenvalue weighted by Gasteiger charge is 2.05. The number of carbonyl (C=O) groups excluding carboxylic acids is 1. The standard InChI is InChI=1S/C14H17N3O/c1-10-3-5-12(6-4-10)7-8-14(18)15-13-9-11(2)16-17-13/h3-6,9H,7-8H2,1-2H3,(H2,15,16,17,18). The second kappa shape index (κ2) is 5.49. The topological polar surface area (TPSA) is 57.8 Å². The van der Waals surface area contributed by atoms with Gasteiger partial charge in [0, 0.05) is 18.2 Å². The normalized spacial score (nSPS) is 10.3. The minimum Gasteiger partial charge on any atom is -0.309 e. The lowest BCUT2D eigenvalue weighted by molar-refractivity contribution is -0.116. The molecule has 94 valence electrons. The maximum atomic E-state index is 11.7. The zero-order valence-corrected chi connectivity index (χ0v) is 10.7. The van der Waals surface area contributed by atoms with E-state index in [0.29, 0.717) is 12.2 Å². The molecule has 0 bridgehead atoms. The third-order valence-electron chi connectivity index (χ3n) is 2.73. The van der Waals surface area contributed by atoms with Crippen molar-refractivity contribution >= 4 is 11.7 Å². The molecule has 1 amide bonds. The lowest BCUT2D eigenvalue weighted by atomic mass is 10.1. The van der Waals surface area contributed by atoms with Crippen molar-refractivity contribution in [2.75, 3.05) is 5.32 Å². The van der Waals surface area contributed by atoms with E-state index in [0.717, 1.165) is 12.1 Å². The Morgan fingerprint density at radius 2 is 2.00 bits per heavy atom. The zero-order valence-electron chi connectivity index (χ0n) is 10.7. The number of anilines is 1. The Morgan fingerprint density at radius 1 is 1.28 bits per heavy atom. The predicted molar refractivity (Wildman–Crippen MR) is 71.5 cm³/mol. The molecule has 0 saturated heterocycles. The van der Waals surface area contributed by atoms with E-state index >= 15 is 0 Å². The van der Waals surface area contributed by atoms with Crippen molar-refractivity contribution in [3.8, 4) is 0 Å². The van der Waals surface area contributed by atoms with Gasteiger partial charge >= 0.3 is 0 Å². The van der Waals surface area contributed by atoms with Crippen LogP contribution in [0, 0.1) is 13.8 Å². The molecule has 0 aliphatic carbocycles. The summed E-state index contributed by atoms with van der Waals surface area (Å²) in [5, 5.41) is 9.52. The number of benzene rings is 1. The van der Waals surface area contributed by atoms with Crippen LogP contribution in [-0.2, 0) is 11.2 Å². The third-order valence-corrected chi connectivity index (χ3v) is 2.73. The summed E-state index contributed by atoms with van der Waals surface area (Å²) in [6.07, 6.45) is 1.21. The first-order valence-electron chi connectivity index (χ1n) is 6.01. The SMILES string of the molecule is Cc1ccc(CCC(=O)Nc2cc(C)[nH]n2)cc1. The predicted octanol–water partition coefficient (Wildman–Crippen LogP) is 2.60. The quantitative estimate of drug-likeness (QED) is 0.867. The van der Waals surface area contributed by atoms with Gasteiger partial charge in [-0.05, 0) is 25.8 Å². The fraction of sp³-hybridized carbons (Fsp3) is 0.286. The summed E-state index contributed by atoms with van der Waals surface area (Å²) in [5.41, 5.74) is 3.34. The Balaban J connectivity index is 1.83. The molecule has 0 atom stereocenters. The molecule has 1 heterocycles. The van der Waals surface area contributed by atoms with Crippen molar-refractivity contribution in [2.45, 2.75) is 26.7 Å². The van der Waals surface area contributed by atoms with Crippen molar-refractivity contribution in [2.24, 2.45) is 0 Å². The van der Waals surface area contributed by atoms with Gasteiger partial charge in [0.25, 0.3) is 0 Å². The van der Waals surface area contributed by atoms with E-state index in [2.05, 4.69) is 46.7 Å². The van der Waals surface area contributed by atoms with Crippen LogP contribution >= 0.6 is 0 Å². The molecule has 18 heavy (non-hydrogen) atoms. The van der Waals surface area contributed by atoms with Crippen molar-refractivity contribution < 1.29 is 4.79 Å². The van der Waals surface area contributed by atoms with Crippen molar-refractivity contribution in [1.82, 2.24) is 10.2 Å². The molecular weight excluding hydrogens is 226 g/mol. The molecule has 0 aliphatic rings. The van der Waals surface area contributed by atoms with E-state index in [1.165, 1.54) is 11.1 Å². The van der Waals surface area contributed by atoms with Crippen LogP contribution in [0.2, 0.25) is 0 Å². The molecule has 2 aromatic rings. The Bertz CT molecular complexity index is 528. The maximum absolute atomic E-state index is 11.7. The van der Waals surface area contributed by atoms with Gasteiger partial charge in [-0.1, -0.05) is 29.8 Å². The molecule has 0 radical (unpaired) electrons. The lowest BCUT2D eigenvalue weighted by Gasteiger charge is -2.02. The highest BCUT2D eigenvalue weighted by atomic mass is 16.1. The molecule has 2 N–H and O–H groups in total. The third kappa shape index (κ3) is 3.45. The summed E-state index contributed by atoms with van der Waals surface area (Å²) >= 11 is 0. The molecule has 1 aromatic heterocycles. The van der Waals surface area contributed by atoms with Crippen LogP contribution in [0.4, 0.5) is 5.82 Å². The molecule has 4 nitrogen and oxygen atoms in total. The van der Waals surface area contributed by atoms with Gasteiger partial charge in [-0.3, -0.25) is 9.89 Å². The first-order chi connectivity index (χ1) is 8.63. The minimum atomic E-state index is -0.0120. The number of H-pyrrole nitrogens is 1. The van der Waals surface area contributed by atoms with Gasteiger partial charge in [-0.15, -0.1) is 0 Å². The van der Waals surface area contributed by atoms with E-state index in [-0.39, 0.29) is 5.91 Å². The van der Waals surface area contributed by atoms with Crippen molar-refractivity contribution in [1.29, 1.82) is 0 Å². The van der Waals surface area contributed by atoms with Crippen LogP contribution in [0.5, 0.6) is 0 Å². The number of hydrogen-bond donors (Lipinski definition) is 2. The van der Waals surface area contributed by atoms with Gasteiger partial charge in [0.1, 0.15) is 0 Å². The summed E-state index contributed by atoms with van der Waals surface area (Å²) < 4.78 is 0. The fourth-order valence-corrected chi connectivity index (χ4v) is 1.70. The summed E-state index contributed by atoms with van der Waals surface area (Å²) in [7, 11) is 0. The van der Waals surface area contributed by atoms with E-state index in [1.807, 2.05) is 13.0 Å². The Labute approximate surface area is 106 Å². The number of amides is 1. The summed E-state index contributed by atoms with van der Waals surface area (Å²) in [4.78, 5) is 11.7. The molecule has 0 saturated carbocycles. The van der Waals surface area contributed by atoms with E-state index in [9.17, 15) is 4.79 Å². The van der Waals surface area contributed by atoms with Gasteiger partial charge in [-0.2, -0.15) is 5.10 Å². The smallest absolute Gasteiger partial charge is 0.225 e. The molecular formula is C14H17N3O. The second-order valence-corrected chi connectivity index (χ2v) is 4.47. The maximum Gasteiger partial charge on any atom is 0.225 e. The first-order valence-corrected chi connectivity index (χ1v) is 6.01. The van der Waals surface area contributed by atoms with Crippen molar-refractivity contribution in [3.05, 3.63) is 47.2 Å². The number of rotatable bonds is 4. The molecule has 0 spiro atoms. The average Bonchev–Trinajstić information content (AvgIpc) is 2.74. The molecule has 4 heteroatoms. The number of aromatic amines is 1. The number of nitrogens with one attached hydrogen (secondary N) is 2. The number of carbonyl (C=O) groups is 1. The minimum absolute atomic E-state index is 0.0120. The van der Waals surface area contributed by atoms with Gasteiger partial charge < -0.3 is 5.32 Å². The van der Waals surface area contributed by atoms with Crippen LogP contribution in [0.1, 0.15) is 23.2 Å². The van der Waals surface area contributed by atoms with Crippen LogP contribution in [-0.4, -0.2) is 16.1 Å². The van der Waals surface area contributed by atoms with Crippen LogP contribution < -0.4 is 5.32 Å². The molecule has 2 rings (SSSR count). The highest BCUT2D eigenvalue weighted by Crippen LogP contribution is 2.08. The first kappa shape index (κ1) is 12.4. The van der Waals surface area contributed by atoms with E-state index < -0.39 is 0 Å². The summed E-state index contributed by atoms with van der Waals surface area (Å²) in [6.45, 7) is 3.95. The Hall–Kier alpha value is -2.10. The fourth-order valence-electron chi connectivity index (χ4n) is 1.70. The molecule has 0 fully saturated rings. The number of aryl methyl sites for hydroxylation is 3. The van der Waals surface area contributed by atoms with Crippen molar-refractivity contribution in [3.63, 3.8) is 0 Å². The lowest BCUT2D eigenvalue weighted by Crippen LogP contribution is -2.12. The van der Waals surface area contributed by atoms with Gasteiger partial charge in [0.15, 0.2) is 5.82 Å². The van der Waals surface area contributed by atoms with Gasteiger partial charge in [0.05, 0.1) is 0 Å². The van der Waals surface area contributed by atoms with Crippen LogP contribution in [0.15, 0.2) is 30.3 Å². The summed E-state index contributed by atoms with van der Waals surface area (Å²) in [5.74, 6) is 0.573. The van der Waals surface area contributed by atoms with Gasteiger partial charge in [-0.25, -0.2) is 0 Å². The van der Waals surface area contributed by atoms with E-state index in [4.69, 9.17) is 0 Å². The van der Waals surface area contributed by atoms with Gasteiger partial charge in [0.2, 0.25) is 5.91 Å². The largest absolute Gasteiger partial charge is 0.309 e. The second-order valence-electron chi connectivity index (χ2n) is 4.47. The average molecular weight is 243 g/mol. The summed E-state index contributed by atoms with van der Waals surface area (Å²) in [6, 6.07) is 10.0. The van der Waals surface area contributed by atoms with E-state index in [1.54, 1.807) is 0 Å². The highest BCUT2D eigenvalue weighted by molar-refractivity contribution is 5.89. The molecule has 1 aromatic carbocycles. The Morgan fingerprint density at radius 3 is 2.61 bits per heavy atom. The molecule has 0 unspecified atom stereocenters. The van der Waals surface area contributed by atoms with Crippen LogP contribution in [0.25, 0.3) is 0 Å². The number of aromatic nitrogens is 2. The molecule has 0 aliphatic heterocycles. The Kier molecular flexibility index (Phi) is 3.77. The monoisotopic (exact) mass is 243 g/mol. The number of nitrogens with zero attached hydrogens (tertiary/aromatic N) is 1. The van der Waals surface area contributed by atoms with Crippen LogP contribution in [0.3, 0.4) is 0 Å². The number of hydrogen-bond acceptors (Lipinski definition) is 2. The zero-order chi connectivity index (χ0) is 13.0.